The molecule has 24 heavy (non-hydrogen) atoms. The molecule has 0 saturated heterocycles. The van der Waals surface area contributed by atoms with Crippen LogP contribution in [0.15, 0.2) is 48.7 Å². The van der Waals surface area contributed by atoms with Crippen LogP contribution in [0.1, 0.15) is 18.1 Å². The van der Waals surface area contributed by atoms with Gasteiger partial charge in [0.2, 0.25) is 0 Å². The van der Waals surface area contributed by atoms with Crippen molar-refractivity contribution in [2.75, 3.05) is 18.5 Å². The van der Waals surface area contributed by atoms with Crippen molar-refractivity contribution in [3.05, 3.63) is 64.8 Å². The molecule has 0 atom stereocenters. The van der Waals surface area contributed by atoms with Crippen LogP contribution in [0.4, 0.5) is 5.82 Å². The molecule has 0 saturated carbocycles. The summed E-state index contributed by atoms with van der Waals surface area (Å²) < 4.78 is 5.14. The number of ether oxygens (including phenoxy) is 1. The predicted molar refractivity (Wildman–Crippen MR) is 93.5 cm³/mol. The Labute approximate surface area is 145 Å². The van der Waals surface area contributed by atoms with Crippen LogP contribution in [-0.4, -0.2) is 24.1 Å². The largest absolute Gasteiger partial charge is 0.461 e. The van der Waals surface area contributed by atoms with Crippen LogP contribution in [0.25, 0.3) is 5.57 Å². The van der Waals surface area contributed by atoms with E-state index in [0.717, 1.165) is 11.1 Å². The molecule has 0 unspecified atom stereocenters. The molecular formula is C18H16ClN3O2. The fraction of sp³-hybridized carbons (Fsp3) is 0.167. The van der Waals surface area contributed by atoms with E-state index in [0.29, 0.717) is 22.9 Å². The SMILES string of the molecule is CC(=CC(=O)OCCNc1ncccc1C#N)c1ccccc1Cl. The normalized spacial score (nSPS) is 10.8. The third-order valence-corrected chi connectivity index (χ3v) is 3.53. The standard InChI is InChI=1S/C18H16ClN3O2/c1-13(15-6-2-3-7-16(15)19)11-17(23)24-10-9-22-18-14(12-20)5-4-8-21-18/h2-8,11H,9-10H2,1H3,(H,21,22). The average molecular weight is 342 g/mol. The van der Waals surface area contributed by atoms with Crippen molar-refractivity contribution in [3.63, 3.8) is 0 Å². The zero-order chi connectivity index (χ0) is 17.4. The van der Waals surface area contributed by atoms with Crippen molar-refractivity contribution in [2.45, 2.75) is 6.92 Å². The quantitative estimate of drug-likeness (QED) is 0.493. The Morgan fingerprint density at radius 3 is 2.92 bits per heavy atom. The van der Waals surface area contributed by atoms with E-state index in [-0.39, 0.29) is 6.61 Å². The zero-order valence-electron chi connectivity index (χ0n) is 13.1. The molecule has 0 radical (unpaired) electrons. The van der Waals surface area contributed by atoms with Crippen LogP contribution in [-0.2, 0) is 9.53 Å². The lowest BCUT2D eigenvalue weighted by atomic mass is 10.1. The van der Waals surface area contributed by atoms with E-state index < -0.39 is 5.97 Å². The fourth-order valence-corrected chi connectivity index (χ4v) is 2.32. The third-order valence-electron chi connectivity index (χ3n) is 3.20. The number of carbonyl (C=O) groups excluding carboxylic acids is 1. The summed E-state index contributed by atoms with van der Waals surface area (Å²) in [5, 5.41) is 12.5. The minimum atomic E-state index is -0.448. The van der Waals surface area contributed by atoms with Gasteiger partial charge in [-0.25, -0.2) is 9.78 Å². The summed E-state index contributed by atoms with van der Waals surface area (Å²) in [6.07, 6.45) is 2.99. The number of aromatic nitrogens is 1. The third kappa shape index (κ3) is 4.83. The average Bonchev–Trinajstić information content (AvgIpc) is 2.59. The lowest BCUT2D eigenvalue weighted by Crippen LogP contribution is -2.14. The monoisotopic (exact) mass is 341 g/mol. The van der Waals surface area contributed by atoms with Gasteiger partial charge in [0.1, 0.15) is 18.5 Å². The van der Waals surface area contributed by atoms with E-state index in [1.54, 1.807) is 31.3 Å². The highest BCUT2D eigenvalue weighted by Gasteiger charge is 2.05. The number of rotatable bonds is 6. The van der Waals surface area contributed by atoms with Gasteiger partial charge in [-0.3, -0.25) is 0 Å². The number of nitrogens with one attached hydrogen (secondary N) is 1. The maximum Gasteiger partial charge on any atom is 0.331 e. The molecule has 0 bridgehead atoms. The van der Waals surface area contributed by atoms with Gasteiger partial charge < -0.3 is 10.1 Å². The van der Waals surface area contributed by atoms with E-state index in [2.05, 4.69) is 10.3 Å². The highest BCUT2D eigenvalue weighted by atomic mass is 35.5. The molecular weight excluding hydrogens is 326 g/mol. The summed E-state index contributed by atoms with van der Waals surface area (Å²) in [6.45, 7) is 2.32. The van der Waals surface area contributed by atoms with E-state index in [4.69, 9.17) is 21.6 Å². The molecule has 0 aliphatic heterocycles. The van der Waals surface area contributed by atoms with Crippen LogP contribution in [0.2, 0.25) is 5.02 Å². The first-order valence-electron chi connectivity index (χ1n) is 7.30. The second kappa shape index (κ2) is 8.70. The Morgan fingerprint density at radius 1 is 1.38 bits per heavy atom. The van der Waals surface area contributed by atoms with Gasteiger partial charge >= 0.3 is 5.97 Å². The van der Waals surface area contributed by atoms with Gasteiger partial charge in [-0.1, -0.05) is 29.8 Å². The number of anilines is 1. The lowest BCUT2D eigenvalue weighted by Gasteiger charge is -2.07. The Balaban J connectivity index is 1.84. The summed E-state index contributed by atoms with van der Waals surface area (Å²) in [4.78, 5) is 15.9. The number of pyridine rings is 1. The number of halogens is 1. The second-order valence-electron chi connectivity index (χ2n) is 4.91. The molecule has 1 aromatic carbocycles. The highest BCUT2D eigenvalue weighted by molar-refractivity contribution is 6.32. The first-order chi connectivity index (χ1) is 11.6. The number of nitriles is 1. The first-order valence-corrected chi connectivity index (χ1v) is 7.68. The van der Waals surface area contributed by atoms with Gasteiger partial charge in [-0.2, -0.15) is 5.26 Å². The van der Waals surface area contributed by atoms with Crippen molar-refractivity contribution < 1.29 is 9.53 Å². The first kappa shape index (κ1) is 17.5. The van der Waals surface area contributed by atoms with Crippen LogP contribution in [0.3, 0.4) is 0 Å². The van der Waals surface area contributed by atoms with Gasteiger partial charge in [0, 0.05) is 17.3 Å². The minimum Gasteiger partial charge on any atom is -0.461 e. The molecule has 5 nitrogen and oxygen atoms in total. The lowest BCUT2D eigenvalue weighted by molar-refractivity contribution is -0.137. The fourth-order valence-electron chi connectivity index (χ4n) is 2.03. The highest BCUT2D eigenvalue weighted by Crippen LogP contribution is 2.22. The summed E-state index contributed by atoms with van der Waals surface area (Å²) >= 11 is 6.09. The molecule has 1 aromatic heterocycles. The molecule has 0 fully saturated rings. The van der Waals surface area contributed by atoms with Crippen LogP contribution in [0, 0.1) is 11.3 Å². The molecule has 2 rings (SSSR count). The van der Waals surface area contributed by atoms with Crippen molar-refractivity contribution in [2.24, 2.45) is 0 Å². The number of esters is 1. The van der Waals surface area contributed by atoms with Crippen LogP contribution in [0.5, 0.6) is 0 Å². The molecule has 0 amide bonds. The number of hydrogen-bond donors (Lipinski definition) is 1. The molecule has 1 heterocycles. The van der Waals surface area contributed by atoms with E-state index in [1.807, 2.05) is 24.3 Å². The van der Waals surface area contributed by atoms with Crippen molar-refractivity contribution >= 4 is 29.0 Å². The van der Waals surface area contributed by atoms with E-state index >= 15 is 0 Å². The van der Waals surface area contributed by atoms with Crippen molar-refractivity contribution in [1.29, 1.82) is 5.26 Å². The van der Waals surface area contributed by atoms with Gasteiger partial charge in [0.15, 0.2) is 0 Å². The molecule has 1 N–H and O–H groups in total. The maximum atomic E-state index is 11.8. The van der Waals surface area contributed by atoms with Gasteiger partial charge in [-0.15, -0.1) is 0 Å². The van der Waals surface area contributed by atoms with Gasteiger partial charge in [0.25, 0.3) is 0 Å². The van der Waals surface area contributed by atoms with Crippen molar-refractivity contribution in [1.82, 2.24) is 4.98 Å². The number of carbonyl (C=O) groups is 1. The topological polar surface area (TPSA) is 75.0 Å². The Bertz CT molecular complexity index is 797. The second-order valence-corrected chi connectivity index (χ2v) is 5.32. The molecule has 2 aromatic rings. The maximum absolute atomic E-state index is 11.8. The zero-order valence-corrected chi connectivity index (χ0v) is 13.9. The van der Waals surface area contributed by atoms with Crippen LogP contribution < -0.4 is 5.32 Å². The summed E-state index contributed by atoms with van der Waals surface area (Å²) in [5.74, 6) is 0.0228. The summed E-state index contributed by atoms with van der Waals surface area (Å²) in [7, 11) is 0. The molecule has 6 heteroatoms. The molecule has 0 aliphatic rings. The molecule has 122 valence electrons. The predicted octanol–water partition coefficient (Wildman–Crippen LogP) is 3.67. The molecule has 0 spiro atoms. The number of nitrogens with zero attached hydrogens (tertiary/aromatic N) is 2. The Hall–Kier alpha value is -2.84. The number of hydrogen-bond acceptors (Lipinski definition) is 5. The minimum absolute atomic E-state index is 0.159. The molecule has 0 aliphatic carbocycles. The van der Waals surface area contributed by atoms with E-state index in [9.17, 15) is 4.79 Å². The number of allylic oxidation sites excluding steroid dienone is 1. The van der Waals surface area contributed by atoms with Crippen molar-refractivity contribution in [3.8, 4) is 6.07 Å². The summed E-state index contributed by atoms with van der Waals surface area (Å²) in [5.41, 5.74) is 1.97. The van der Waals surface area contributed by atoms with E-state index in [1.165, 1.54) is 6.08 Å². The Kier molecular flexibility index (Phi) is 6.35. The number of benzene rings is 1. The summed E-state index contributed by atoms with van der Waals surface area (Å²) in [6, 6.07) is 12.7. The van der Waals surface area contributed by atoms with Crippen LogP contribution >= 0.6 is 11.6 Å². The van der Waals surface area contributed by atoms with Gasteiger partial charge in [0.05, 0.1) is 12.1 Å². The Morgan fingerprint density at radius 2 is 2.17 bits per heavy atom. The van der Waals surface area contributed by atoms with Gasteiger partial charge in [-0.05, 0) is 36.3 Å². The smallest absolute Gasteiger partial charge is 0.331 e.